The minimum Gasteiger partial charge on any atom is -0.459 e. The van der Waals surface area contributed by atoms with Gasteiger partial charge < -0.3 is 20.2 Å². The summed E-state index contributed by atoms with van der Waals surface area (Å²) in [6.07, 6.45) is 1.92. The van der Waals surface area contributed by atoms with Crippen molar-refractivity contribution in [2.75, 3.05) is 13.2 Å². The number of aliphatic hydroxyl groups excluding tert-OH is 1. The van der Waals surface area contributed by atoms with E-state index in [2.05, 4.69) is 10.6 Å². The number of carbonyl (C=O) groups is 2. The van der Waals surface area contributed by atoms with E-state index in [4.69, 9.17) is 9.52 Å². The highest BCUT2D eigenvalue weighted by molar-refractivity contribution is 5.95. The molecule has 0 spiro atoms. The molecule has 1 heterocycles. The molecular formula is C13H20N2O4. The summed E-state index contributed by atoms with van der Waals surface area (Å²) in [7, 11) is 0. The molecule has 0 aliphatic carbocycles. The van der Waals surface area contributed by atoms with Gasteiger partial charge >= 0.3 is 0 Å². The highest BCUT2D eigenvalue weighted by atomic mass is 16.3. The van der Waals surface area contributed by atoms with Gasteiger partial charge in [0.2, 0.25) is 5.91 Å². The number of nitrogens with one attached hydrogen (secondary N) is 2. The molecule has 1 rings (SSSR count). The van der Waals surface area contributed by atoms with Crippen molar-refractivity contribution in [3.8, 4) is 0 Å². The lowest BCUT2D eigenvalue weighted by Gasteiger charge is -2.19. The summed E-state index contributed by atoms with van der Waals surface area (Å²) in [4.78, 5) is 23.7. The van der Waals surface area contributed by atoms with Gasteiger partial charge in [-0.1, -0.05) is 13.8 Å². The molecule has 0 unspecified atom stereocenters. The third-order valence-corrected chi connectivity index (χ3v) is 2.48. The van der Waals surface area contributed by atoms with Crippen LogP contribution in [-0.2, 0) is 4.79 Å². The molecular weight excluding hydrogens is 248 g/mol. The molecule has 6 heteroatoms. The summed E-state index contributed by atoms with van der Waals surface area (Å²) in [6.45, 7) is 3.97. The predicted molar refractivity (Wildman–Crippen MR) is 69.5 cm³/mol. The topological polar surface area (TPSA) is 91.6 Å². The van der Waals surface area contributed by atoms with Crippen molar-refractivity contribution < 1.29 is 19.1 Å². The van der Waals surface area contributed by atoms with Crippen LogP contribution < -0.4 is 10.6 Å². The quantitative estimate of drug-likeness (QED) is 0.672. The van der Waals surface area contributed by atoms with E-state index in [0.29, 0.717) is 6.42 Å². The molecule has 0 aliphatic heterocycles. The highest BCUT2D eigenvalue weighted by Gasteiger charge is 2.23. The number of furan rings is 1. The first kappa shape index (κ1) is 15.2. The van der Waals surface area contributed by atoms with Crippen LogP contribution in [-0.4, -0.2) is 36.1 Å². The number of hydrogen-bond donors (Lipinski definition) is 3. The zero-order valence-corrected chi connectivity index (χ0v) is 11.2. The van der Waals surface area contributed by atoms with E-state index in [1.54, 1.807) is 6.07 Å². The lowest BCUT2D eigenvalue weighted by Crippen LogP contribution is -2.47. The van der Waals surface area contributed by atoms with Crippen molar-refractivity contribution in [2.45, 2.75) is 26.3 Å². The first-order chi connectivity index (χ1) is 9.04. The van der Waals surface area contributed by atoms with Gasteiger partial charge in [0.05, 0.1) is 12.9 Å². The van der Waals surface area contributed by atoms with E-state index in [1.165, 1.54) is 12.3 Å². The fourth-order valence-electron chi connectivity index (χ4n) is 1.64. The van der Waals surface area contributed by atoms with Crippen molar-refractivity contribution in [2.24, 2.45) is 5.92 Å². The molecule has 2 amide bonds. The maximum atomic E-state index is 11.9. The van der Waals surface area contributed by atoms with E-state index in [-0.39, 0.29) is 30.7 Å². The summed E-state index contributed by atoms with van der Waals surface area (Å²) in [5, 5.41) is 13.9. The first-order valence-electron chi connectivity index (χ1n) is 6.27. The van der Waals surface area contributed by atoms with Crippen LogP contribution in [0.5, 0.6) is 0 Å². The monoisotopic (exact) mass is 268 g/mol. The summed E-state index contributed by atoms with van der Waals surface area (Å²) >= 11 is 0. The van der Waals surface area contributed by atoms with Gasteiger partial charge in [-0.05, 0) is 24.5 Å². The summed E-state index contributed by atoms with van der Waals surface area (Å²) in [5.74, 6) is -0.303. The molecule has 19 heavy (non-hydrogen) atoms. The van der Waals surface area contributed by atoms with Gasteiger partial charge in [-0.25, -0.2) is 0 Å². The molecule has 0 aliphatic rings. The van der Waals surface area contributed by atoms with Crippen LogP contribution in [0.15, 0.2) is 22.8 Å². The number of aliphatic hydroxyl groups is 1. The molecule has 106 valence electrons. The lowest BCUT2D eigenvalue weighted by atomic mass is 10.0. The Balaban J connectivity index is 2.63. The van der Waals surface area contributed by atoms with Crippen LogP contribution in [0.3, 0.4) is 0 Å². The Bertz CT molecular complexity index is 401. The molecule has 6 nitrogen and oxygen atoms in total. The van der Waals surface area contributed by atoms with E-state index >= 15 is 0 Å². The minimum atomic E-state index is -0.635. The molecule has 0 radical (unpaired) electrons. The van der Waals surface area contributed by atoms with E-state index in [1.807, 2.05) is 13.8 Å². The predicted octanol–water partition coefficient (Wildman–Crippen LogP) is 0.533. The van der Waals surface area contributed by atoms with Crippen molar-refractivity contribution in [1.29, 1.82) is 0 Å². The largest absolute Gasteiger partial charge is 0.459 e. The fraction of sp³-hybridized carbons (Fsp3) is 0.538. The molecule has 1 atom stereocenters. The zero-order chi connectivity index (χ0) is 14.3. The van der Waals surface area contributed by atoms with Gasteiger partial charge in [-0.15, -0.1) is 0 Å². The van der Waals surface area contributed by atoms with Gasteiger partial charge in [0.25, 0.3) is 5.91 Å². The zero-order valence-electron chi connectivity index (χ0n) is 11.2. The second kappa shape index (κ2) is 7.58. The number of amides is 2. The van der Waals surface area contributed by atoms with Gasteiger partial charge in [0.15, 0.2) is 5.76 Å². The second-order valence-corrected chi connectivity index (χ2v) is 4.65. The summed E-state index contributed by atoms with van der Waals surface area (Å²) < 4.78 is 4.98. The van der Waals surface area contributed by atoms with Crippen LogP contribution in [0.25, 0.3) is 0 Å². The van der Waals surface area contributed by atoms with Crippen LogP contribution in [0.4, 0.5) is 0 Å². The highest BCUT2D eigenvalue weighted by Crippen LogP contribution is 2.07. The van der Waals surface area contributed by atoms with Crippen molar-refractivity contribution >= 4 is 11.8 Å². The van der Waals surface area contributed by atoms with Crippen molar-refractivity contribution in [3.63, 3.8) is 0 Å². The molecule has 3 N–H and O–H groups in total. The lowest BCUT2D eigenvalue weighted by molar-refractivity contribution is -0.123. The third kappa shape index (κ3) is 5.13. The van der Waals surface area contributed by atoms with Gasteiger partial charge in [0.1, 0.15) is 6.04 Å². The number of carbonyl (C=O) groups excluding carboxylic acids is 2. The smallest absolute Gasteiger partial charge is 0.287 e. The van der Waals surface area contributed by atoms with Crippen LogP contribution in [0, 0.1) is 5.92 Å². The molecule has 0 fully saturated rings. The van der Waals surface area contributed by atoms with E-state index in [9.17, 15) is 9.59 Å². The molecule has 0 bridgehead atoms. The molecule has 0 saturated heterocycles. The fourth-order valence-corrected chi connectivity index (χ4v) is 1.64. The van der Waals surface area contributed by atoms with Crippen LogP contribution in [0.2, 0.25) is 0 Å². The molecule has 0 aromatic carbocycles. The summed E-state index contributed by atoms with van der Waals surface area (Å²) in [6, 6.07) is 2.51. The Hall–Kier alpha value is -1.82. The van der Waals surface area contributed by atoms with Crippen molar-refractivity contribution in [1.82, 2.24) is 10.6 Å². The van der Waals surface area contributed by atoms with Gasteiger partial charge in [-0.3, -0.25) is 9.59 Å². The van der Waals surface area contributed by atoms with Crippen LogP contribution >= 0.6 is 0 Å². The van der Waals surface area contributed by atoms with E-state index < -0.39 is 11.9 Å². The maximum Gasteiger partial charge on any atom is 0.287 e. The van der Waals surface area contributed by atoms with E-state index in [0.717, 1.165) is 0 Å². The van der Waals surface area contributed by atoms with Crippen LogP contribution in [0.1, 0.15) is 30.8 Å². The SMILES string of the molecule is CC(C)C[C@H](NC(=O)c1ccco1)C(=O)NCCO. The Morgan fingerprint density at radius 2 is 2.16 bits per heavy atom. The Morgan fingerprint density at radius 3 is 2.68 bits per heavy atom. The second-order valence-electron chi connectivity index (χ2n) is 4.65. The Morgan fingerprint density at radius 1 is 1.42 bits per heavy atom. The first-order valence-corrected chi connectivity index (χ1v) is 6.27. The number of rotatable bonds is 7. The summed E-state index contributed by atoms with van der Waals surface area (Å²) in [5.41, 5.74) is 0. The average Bonchev–Trinajstić information content (AvgIpc) is 2.88. The Labute approximate surface area is 112 Å². The van der Waals surface area contributed by atoms with Gasteiger partial charge in [-0.2, -0.15) is 0 Å². The standard InChI is InChI=1S/C13H20N2O4/c1-9(2)8-10(12(17)14-5-6-16)15-13(18)11-4-3-7-19-11/h3-4,7,9-10,16H,5-6,8H2,1-2H3,(H,14,17)(H,15,18)/t10-/m0/s1. The molecule has 1 aromatic heterocycles. The minimum absolute atomic E-state index is 0.133. The maximum absolute atomic E-state index is 11.9. The average molecular weight is 268 g/mol. The Kier molecular flexibility index (Phi) is 6.08. The van der Waals surface area contributed by atoms with Gasteiger partial charge in [0, 0.05) is 6.54 Å². The van der Waals surface area contributed by atoms with Crippen molar-refractivity contribution in [3.05, 3.63) is 24.2 Å². The molecule has 0 saturated carbocycles. The number of hydrogen-bond acceptors (Lipinski definition) is 4. The normalized spacial score (nSPS) is 12.2. The third-order valence-electron chi connectivity index (χ3n) is 2.48. The molecule has 1 aromatic rings.